The van der Waals surface area contributed by atoms with Crippen LogP contribution in [0.5, 0.6) is 11.6 Å². The molecule has 182 valence electrons. The zero-order chi connectivity index (χ0) is 24.1. The van der Waals surface area contributed by atoms with Crippen LogP contribution in [0.15, 0.2) is 42.6 Å². The van der Waals surface area contributed by atoms with Crippen molar-refractivity contribution in [1.82, 2.24) is 9.97 Å². The monoisotopic (exact) mass is 478 g/mol. The van der Waals surface area contributed by atoms with E-state index in [1.807, 2.05) is 24.3 Å². The van der Waals surface area contributed by atoms with Gasteiger partial charge < -0.3 is 15.0 Å². The molecule has 0 atom stereocenters. The summed E-state index contributed by atoms with van der Waals surface area (Å²) >= 11 is 1.76. The Morgan fingerprint density at radius 3 is 2.56 bits per heavy atom. The van der Waals surface area contributed by atoms with Crippen molar-refractivity contribution in [2.24, 2.45) is 5.92 Å². The second-order valence-corrected chi connectivity index (χ2v) is 11.6. The highest BCUT2D eigenvalue weighted by atomic mass is 32.1. The van der Waals surface area contributed by atoms with Crippen molar-refractivity contribution in [3.63, 3.8) is 0 Å². The Morgan fingerprint density at radius 1 is 1.06 bits per heavy atom. The fourth-order valence-corrected chi connectivity index (χ4v) is 5.37. The SMILES string of the molecule is CC(C)CCc1nc(Nc2cccnc2Oc2ccccc2C(C)(C)C)sc1N1CCCCC1. The summed E-state index contributed by atoms with van der Waals surface area (Å²) in [5, 5.41) is 5.76. The van der Waals surface area contributed by atoms with Crippen LogP contribution < -0.4 is 15.0 Å². The summed E-state index contributed by atoms with van der Waals surface area (Å²) in [7, 11) is 0. The van der Waals surface area contributed by atoms with E-state index >= 15 is 0 Å². The van der Waals surface area contributed by atoms with E-state index in [9.17, 15) is 0 Å². The van der Waals surface area contributed by atoms with E-state index in [1.165, 1.54) is 30.0 Å². The molecule has 0 saturated carbocycles. The molecule has 1 aliphatic rings. The molecule has 3 heterocycles. The maximum Gasteiger partial charge on any atom is 0.243 e. The second kappa shape index (κ2) is 10.8. The molecule has 4 rings (SSSR count). The second-order valence-electron chi connectivity index (χ2n) is 10.6. The van der Waals surface area contributed by atoms with Crippen LogP contribution in [0.3, 0.4) is 0 Å². The lowest BCUT2D eigenvalue weighted by Crippen LogP contribution is -2.29. The van der Waals surface area contributed by atoms with Gasteiger partial charge in [-0.3, -0.25) is 0 Å². The Bertz CT molecular complexity index is 1080. The highest BCUT2D eigenvalue weighted by Gasteiger charge is 2.22. The van der Waals surface area contributed by atoms with Crippen LogP contribution in [0.25, 0.3) is 0 Å². The van der Waals surface area contributed by atoms with Gasteiger partial charge in [0.2, 0.25) is 5.88 Å². The lowest BCUT2D eigenvalue weighted by Gasteiger charge is -2.28. The molecule has 6 heteroatoms. The van der Waals surface area contributed by atoms with Gasteiger partial charge in [-0.15, -0.1) is 0 Å². The summed E-state index contributed by atoms with van der Waals surface area (Å²) in [5.41, 5.74) is 3.18. The van der Waals surface area contributed by atoms with Crippen molar-refractivity contribution in [3.8, 4) is 11.6 Å². The number of pyridine rings is 1. The molecule has 1 N–H and O–H groups in total. The van der Waals surface area contributed by atoms with Crippen LogP contribution in [0.4, 0.5) is 15.8 Å². The molecule has 0 unspecified atom stereocenters. The molecule has 2 aromatic heterocycles. The Kier molecular flexibility index (Phi) is 7.77. The van der Waals surface area contributed by atoms with Gasteiger partial charge in [0.05, 0.1) is 5.69 Å². The lowest BCUT2D eigenvalue weighted by atomic mass is 9.86. The minimum Gasteiger partial charge on any atom is -0.437 e. The summed E-state index contributed by atoms with van der Waals surface area (Å²) < 4.78 is 6.36. The van der Waals surface area contributed by atoms with E-state index in [0.29, 0.717) is 11.8 Å². The van der Waals surface area contributed by atoms with Crippen molar-refractivity contribution >= 4 is 27.2 Å². The summed E-state index contributed by atoms with van der Waals surface area (Å²) in [4.78, 5) is 12.1. The van der Waals surface area contributed by atoms with Crippen LogP contribution in [0.1, 0.15) is 71.6 Å². The van der Waals surface area contributed by atoms with Crippen molar-refractivity contribution in [3.05, 3.63) is 53.9 Å². The van der Waals surface area contributed by atoms with Crippen LogP contribution in [-0.2, 0) is 11.8 Å². The third-order valence-electron chi connectivity index (χ3n) is 6.19. The predicted octanol–water partition coefficient (Wildman–Crippen LogP) is 7.95. The van der Waals surface area contributed by atoms with Crippen LogP contribution >= 0.6 is 11.3 Å². The average molecular weight is 479 g/mol. The average Bonchev–Trinajstić information content (AvgIpc) is 3.22. The molecule has 1 aromatic carbocycles. The van der Waals surface area contributed by atoms with Gasteiger partial charge in [0.15, 0.2) is 5.13 Å². The van der Waals surface area contributed by atoms with E-state index < -0.39 is 0 Å². The predicted molar refractivity (Wildman–Crippen MR) is 144 cm³/mol. The van der Waals surface area contributed by atoms with Crippen molar-refractivity contribution in [2.45, 2.75) is 72.1 Å². The van der Waals surface area contributed by atoms with E-state index in [0.717, 1.165) is 48.1 Å². The first kappa shape index (κ1) is 24.5. The smallest absolute Gasteiger partial charge is 0.243 e. The molecule has 34 heavy (non-hydrogen) atoms. The van der Waals surface area contributed by atoms with E-state index in [-0.39, 0.29) is 5.41 Å². The normalized spacial score (nSPS) is 14.5. The quantitative estimate of drug-likeness (QED) is 0.356. The first-order valence-corrected chi connectivity index (χ1v) is 13.4. The summed E-state index contributed by atoms with van der Waals surface area (Å²) in [6.45, 7) is 13.4. The molecule has 0 spiro atoms. The van der Waals surface area contributed by atoms with Gasteiger partial charge in [-0.1, -0.05) is 64.2 Å². The zero-order valence-electron chi connectivity index (χ0n) is 21.2. The van der Waals surface area contributed by atoms with E-state index in [1.54, 1.807) is 17.5 Å². The molecule has 1 aliphatic heterocycles. The fraction of sp³-hybridized carbons (Fsp3) is 0.500. The van der Waals surface area contributed by atoms with Crippen LogP contribution in [-0.4, -0.2) is 23.1 Å². The first-order chi connectivity index (χ1) is 16.3. The molecule has 3 aromatic rings. The largest absolute Gasteiger partial charge is 0.437 e. The van der Waals surface area contributed by atoms with Crippen molar-refractivity contribution in [1.29, 1.82) is 0 Å². The number of thiazole rings is 1. The molecule has 5 nitrogen and oxygen atoms in total. The van der Waals surface area contributed by atoms with Gasteiger partial charge in [-0.2, -0.15) is 0 Å². The number of hydrogen-bond donors (Lipinski definition) is 1. The number of benzene rings is 1. The number of aryl methyl sites for hydroxylation is 1. The maximum atomic E-state index is 6.36. The number of para-hydroxylation sites is 1. The van der Waals surface area contributed by atoms with E-state index in [2.05, 4.69) is 62.0 Å². The van der Waals surface area contributed by atoms with Gasteiger partial charge in [-0.05, 0) is 61.6 Å². The molecular weight excluding hydrogens is 440 g/mol. The van der Waals surface area contributed by atoms with Gasteiger partial charge in [-0.25, -0.2) is 9.97 Å². The molecule has 0 aliphatic carbocycles. The Balaban J connectivity index is 1.60. The van der Waals surface area contributed by atoms with E-state index in [4.69, 9.17) is 9.72 Å². The Labute approximate surface area is 208 Å². The number of nitrogens with one attached hydrogen (secondary N) is 1. The minimum absolute atomic E-state index is 0.0249. The standard InChI is InChI=1S/C28H38N4OS/c1-20(2)15-16-23-26(32-18-9-6-10-19-32)34-27(31-23)30-22-13-11-17-29-25(22)33-24-14-8-7-12-21(24)28(3,4)5/h7-8,11-14,17,20H,6,9-10,15-16,18-19H2,1-5H3,(H,30,31). The fourth-order valence-electron chi connectivity index (χ4n) is 4.29. The van der Waals surface area contributed by atoms with Crippen molar-refractivity contribution in [2.75, 3.05) is 23.3 Å². The number of rotatable bonds is 8. The number of hydrogen-bond acceptors (Lipinski definition) is 6. The summed E-state index contributed by atoms with van der Waals surface area (Å²) in [5.74, 6) is 2.06. The molecule has 0 amide bonds. The Hall–Kier alpha value is -2.60. The van der Waals surface area contributed by atoms with Gasteiger partial charge >= 0.3 is 0 Å². The number of nitrogens with zero attached hydrogens (tertiary/aromatic N) is 3. The highest BCUT2D eigenvalue weighted by Crippen LogP contribution is 2.39. The number of aromatic nitrogens is 2. The molecule has 0 radical (unpaired) electrons. The van der Waals surface area contributed by atoms with Crippen LogP contribution in [0, 0.1) is 5.92 Å². The maximum absolute atomic E-state index is 6.36. The van der Waals surface area contributed by atoms with Gasteiger partial charge in [0.25, 0.3) is 0 Å². The zero-order valence-corrected chi connectivity index (χ0v) is 22.0. The summed E-state index contributed by atoms with van der Waals surface area (Å²) in [6.07, 6.45) is 7.78. The number of piperidine rings is 1. The highest BCUT2D eigenvalue weighted by molar-refractivity contribution is 7.19. The number of ether oxygens (including phenoxy) is 1. The molecule has 0 bridgehead atoms. The van der Waals surface area contributed by atoms with Gasteiger partial charge in [0, 0.05) is 24.8 Å². The molecule has 1 saturated heterocycles. The summed E-state index contributed by atoms with van der Waals surface area (Å²) in [6, 6.07) is 12.1. The first-order valence-electron chi connectivity index (χ1n) is 12.6. The molecule has 1 fully saturated rings. The Morgan fingerprint density at radius 2 is 1.82 bits per heavy atom. The van der Waals surface area contributed by atoms with Crippen molar-refractivity contribution < 1.29 is 4.74 Å². The third-order valence-corrected chi connectivity index (χ3v) is 7.27. The third kappa shape index (κ3) is 6.09. The number of anilines is 3. The minimum atomic E-state index is -0.0249. The van der Waals surface area contributed by atoms with Crippen LogP contribution in [0.2, 0.25) is 0 Å². The molecular formula is C28H38N4OS. The van der Waals surface area contributed by atoms with Gasteiger partial charge in [0.1, 0.15) is 16.4 Å². The lowest BCUT2D eigenvalue weighted by molar-refractivity contribution is 0.442. The topological polar surface area (TPSA) is 50.3 Å².